The van der Waals surface area contributed by atoms with Crippen LogP contribution in [-0.2, 0) is 20.9 Å². The van der Waals surface area contributed by atoms with Crippen molar-refractivity contribution in [3.05, 3.63) is 48.0 Å². The Labute approximate surface area is 143 Å². The first-order valence-corrected chi connectivity index (χ1v) is 8.56. The molecule has 1 N–H and O–H groups in total. The lowest BCUT2D eigenvalue weighted by molar-refractivity contribution is -0.160. The predicted molar refractivity (Wildman–Crippen MR) is 92.2 cm³/mol. The second-order valence-electron chi connectivity index (χ2n) is 6.77. The van der Waals surface area contributed by atoms with Crippen molar-refractivity contribution in [2.75, 3.05) is 0 Å². The molecule has 0 radical (unpaired) electrons. The van der Waals surface area contributed by atoms with Gasteiger partial charge >= 0.3 is 11.9 Å². The molecule has 1 fully saturated rings. The molecule has 0 bridgehead atoms. The van der Waals surface area contributed by atoms with E-state index in [1.54, 1.807) is 0 Å². The predicted octanol–water partition coefficient (Wildman–Crippen LogP) is 4.20. The third kappa shape index (κ3) is 4.95. The molecule has 1 saturated carbocycles. The summed E-state index contributed by atoms with van der Waals surface area (Å²) in [5.41, 5.74) is 1.70. The van der Waals surface area contributed by atoms with Crippen molar-refractivity contribution in [2.24, 2.45) is 17.8 Å². The SMILES string of the molecule is C=C(C)CC(C(=O)OCc1ccccc1)C(C(=O)O)C1CCCC1. The third-order valence-electron chi connectivity index (χ3n) is 4.72. The molecule has 0 aliphatic heterocycles. The molecular formula is C20H26O4. The number of hydrogen-bond acceptors (Lipinski definition) is 3. The zero-order chi connectivity index (χ0) is 17.5. The molecule has 1 aliphatic rings. The Morgan fingerprint density at radius 2 is 1.88 bits per heavy atom. The molecule has 130 valence electrons. The Bertz CT molecular complexity index is 573. The van der Waals surface area contributed by atoms with Crippen LogP contribution in [0.3, 0.4) is 0 Å². The fraction of sp³-hybridized carbons (Fsp3) is 0.500. The quantitative estimate of drug-likeness (QED) is 0.573. The van der Waals surface area contributed by atoms with Gasteiger partial charge in [0.2, 0.25) is 0 Å². The van der Waals surface area contributed by atoms with Crippen LogP contribution < -0.4 is 0 Å². The van der Waals surface area contributed by atoms with Gasteiger partial charge in [-0.25, -0.2) is 0 Å². The first-order valence-electron chi connectivity index (χ1n) is 8.56. The molecule has 0 amide bonds. The molecule has 0 heterocycles. The van der Waals surface area contributed by atoms with Crippen molar-refractivity contribution < 1.29 is 19.4 Å². The van der Waals surface area contributed by atoms with Crippen molar-refractivity contribution >= 4 is 11.9 Å². The molecule has 0 aromatic heterocycles. The summed E-state index contributed by atoms with van der Waals surface area (Å²) in [5.74, 6) is -2.62. The molecule has 24 heavy (non-hydrogen) atoms. The van der Waals surface area contributed by atoms with Gasteiger partial charge in [0.1, 0.15) is 6.61 Å². The maximum Gasteiger partial charge on any atom is 0.310 e. The van der Waals surface area contributed by atoms with Crippen LogP contribution >= 0.6 is 0 Å². The van der Waals surface area contributed by atoms with E-state index in [1.807, 2.05) is 37.3 Å². The maximum absolute atomic E-state index is 12.6. The van der Waals surface area contributed by atoms with Crippen molar-refractivity contribution in [3.8, 4) is 0 Å². The van der Waals surface area contributed by atoms with E-state index in [0.717, 1.165) is 36.8 Å². The average Bonchev–Trinajstić information content (AvgIpc) is 3.06. The van der Waals surface area contributed by atoms with Gasteiger partial charge in [-0.15, -0.1) is 6.58 Å². The summed E-state index contributed by atoms with van der Waals surface area (Å²) in [7, 11) is 0. The van der Waals surface area contributed by atoms with Crippen molar-refractivity contribution in [3.63, 3.8) is 0 Å². The lowest BCUT2D eigenvalue weighted by Crippen LogP contribution is -2.36. The summed E-state index contributed by atoms with van der Waals surface area (Å²) in [6.07, 6.45) is 4.17. The number of hydrogen-bond donors (Lipinski definition) is 1. The molecule has 2 unspecified atom stereocenters. The molecule has 4 nitrogen and oxygen atoms in total. The Kier molecular flexibility index (Phi) is 6.59. The highest BCUT2D eigenvalue weighted by atomic mass is 16.5. The minimum absolute atomic E-state index is 0.0520. The van der Waals surface area contributed by atoms with Gasteiger partial charge in [0, 0.05) is 0 Å². The minimum Gasteiger partial charge on any atom is -0.481 e. The summed E-state index contributed by atoms with van der Waals surface area (Å²) in [6, 6.07) is 9.43. The number of carbonyl (C=O) groups excluding carboxylic acids is 1. The highest BCUT2D eigenvalue weighted by molar-refractivity contribution is 5.81. The number of rotatable bonds is 8. The Balaban J connectivity index is 2.11. The standard InChI is InChI=1S/C20H26O4/c1-14(2)12-17(18(19(21)22)16-10-6-7-11-16)20(23)24-13-15-8-4-3-5-9-15/h3-5,8-9,16-18H,1,6-7,10-13H2,2H3,(H,21,22). The average molecular weight is 330 g/mol. The summed E-state index contributed by atoms with van der Waals surface area (Å²) < 4.78 is 5.44. The van der Waals surface area contributed by atoms with Crippen LogP contribution in [0.15, 0.2) is 42.5 Å². The molecule has 1 aromatic carbocycles. The highest BCUT2D eigenvalue weighted by Gasteiger charge is 2.41. The first kappa shape index (κ1) is 18.2. The number of aliphatic carboxylic acids is 1. The number of carboxylic acids is 1. The van der Waals surface area contributed by atoms with Gasteiger partial charge < -0.3 is 9.84 Å². The molecule has 2 atom stereocenters. The fourth-order valence-corrected chi connectivity index (χ4v) is 3.59. The molecule has 4 heteroatoms. The third-order valence-corrected chi connectivity index (χ3v) is 4.72. The van der Waals surface area contributed by atoms with Crippen molar-refractivity contribution in [1.29, 1.82) is 0 Å². The van der Waals surface area contributed by atoms with E-state index >= 15 is 0 Å². The van der Waals surface area contributed by atoms with E-state index < -0.39 is 23.8 Å². The topological polar surface area (TPSA) is 63.6 Å². The van der Waals surface area contributed by atoms with Crippen molar-refractivity contribution in [2.45, 2.75) is 45.6 Å². The molecule has 0 spiro atoms. The van der Waals surface area contributed by atoms with Gasteiger partial charge in [-0.05, 0) is 37.7 Å². The monoisotopic (exact) mass is 330 g/mol. The second-order valence-corrected chi connectivity index (χ2v) is 6.77. The molecular weight excluding hydrogens is 304 g/mol. The van der Waals surface area contributed by atoms with E-state index in [1.165, 1.54) is 0 Å². The van der Waals surface area contributed by atoms with Gasteiger partial charge in [-0.1, -0.05) is 48.7 Å². The van der Waals surface area contributed by atoms with Crippen LogP contribution in [0.25, 0.3) is 0 Å². The highest BCUT2D eigenvalue weighted by Crippen LogP contribution is 2.38. The molecule has 0 saturated heterocycles. The number of ether oxygens (including phenoxy) is 1. The lowest BCUT2D eigenvalue weighted by Gasteiger charge is -2.27. The van der Waals surface area contributed by atoms with E-state index in [2.05, 4.69) is 6.58 Å². The van der Waals surface area contributed by atoms with Crippen LogP contribution in [0.1, 0.15) is 44.6 Å². The zero-order valence-corrected chi connectivity index (χ0v) is 14.2. The number of allylic oxidation sites excluding steroid dienone is 1. The van der Waals surface area contributed by atoms with Crippen LogP contribution in [-0.4, -0.2) is 17.0 Å². The number of esters is 1. The fourth-order valence-electron chi connectivity index (χ4n) is 3.59. The number of benzene rings is 1. The zero-order valence-electron chi connectivity index (χ0n) is 14.2. The van der Waals surface area contributed by atoms with Crippen LogP contribution in [0.4, 0.5) is 0 Å². The maximum atomic E-state index is 12.6. The Morgan fingerprint density at radius 3 is 2.42 bits per heavy atom. The van der Waals surface area contributed by atoms with E-state index in [9.17, 15) is 14.7 Å². The van der Waals surface area contributed by atoms with Crippen LogP contribution in [0.2, 0.25) is 0 Å². The van der Waals surface area contributed by atoms with Gasteiger partial charge in [0.15, 0.2) is 0 Å². The van der Waals surface area contributed by atoms with E-state index in [4.69, 9.17) is 4.74 Å². The Morgan fingerprint density at radius 1 is 1.25 bits per heavy atom. The van der Waals surface area contributed by atoms with Gasteiger partial charge in [0.05, 0.1) is 11.8 Å². The Hall–Kier alpha value is -2.10. The van der Waals surface area contributed by atoms with Gasteiger partial charge in [0.25, 0.3) is 0 Å². The normalized spacial score (nSPS) is 17.2. The lowest BCUT2D eigenvalue weighted by atomic mass is 9.77. The van der Waals surface area contributed by atoms with E-state index in [-0.39, 0.29) is 12.5 Å². The molecule has 1 aromatic rings. The van der Waals surface area contributed by atoms with Crippen molar-refractivity contribution in [1.82, 2.24) is 0 Å². The molecule has 2 rings (SSSR count). The largest absolute Gasteiger partial charge is 0.481 e. The molecule has 1 aliphatic carbocycles. The van der Waals surface area contributed by atoms with Crippen LogP contribution in [0, 0.1) is 17.8 Å². The number of carboxylic acid groups (broad SMARTS) is 1. The minimum atomic E-state index is -0.898. The van der Waals surface area contributed by atoms with Crippen LogP contribution in [0.5, 0.6) is 0 Å². The smallest absolute Gasteiger partial charge is 0.310 e. The summed E-state index contributed by atoms with van der Waals surface area (Å²) in [6.45, 7) is 5.86. The summed E-state index contributed by atoms with van der Waals surface area (Å²) >= 11 is 0. The number of carbonyl (C=O) groups is 2. The summed E-state index contributed by atoms with van der Waals surface area (Å²) in [4.78, 5) is 24.5. The summed E-state index contributed by atoms with van der Waals surface area (Å²) in [5, 5.41) is 9.71. The van der Waals surface area contributed by atoms with Gasteiger partial charge in [-0.3, -0.25) is 9.59 Å². The second kappa shape index (κ2) is 8.67. The van der Waals surface area contributed by atoms with Gasteiger partial charge in [-0.2, -0.15) is 0 Å². The van der Waals surface area contributed by atoms with E-state index in [0.29, 0.717) is 6.42 Å². The first-order chi connectivity index (χ1) is 11.5.